The lowest BCUT2D eigenvalue weighted by Crippen LogP contribution is -2.31. The summed E-state index contributed by atoms with van der Waals surface area (Å²) in [6.07, 6.45) is 5.97. The van der Waals surface area contributed by atoms with Gasteiger partial charge >= 0.3 is 0 Å². The van der Waals surface area contributed by atoms with Gasteiger partial charge in [-0.3, -0.25) is 4.79 Å². The van der Waals surface area contributed by atoms with Gasteiger partial charge in [0, 0.05) is 31.7 Å². The van der Waals surface area contributed by atoms with E-state index < -0.39 is 0 Å². The molecule has 0 spiro atoms. The zero-order valence-electron chi connectivity index (χ0n) is 12.0. The number of rotatable bonds is 4. The van der Waals surface area contributed by atoms with Crippen molar-refractivity contribution >= 4 is 5.91 Å². The number of likely N-dealkylation sites (tertiary alicyclic amines) is 1. The van der Waals surface area contributed by atoms with Crippen LogP contribution < -0.4 is 5.73 Å². The van der Waals surface area contributed by atoms with Crippen molar-refractivity contribution in [3.05, 3.63) is 48.3 Å². The molecular formula is C16H20N4O. The Morgan fingerprint density at radius 2 is 2.14 bits per heavy atom. The zero-order valence-corrected chi connectivity index (χ0v) is 12.0. The van der Waals surface area contributed by atoms with Gasteiger partial charge < -0.3 is 10.6 Å². The molecule has 3 rings (SSSR count). The second-order valence-corrected chi connectivity index (χ2v) is 5.52. The van der Waals surface area contributed by atoms with Crippen molar-refractivity contribution in [2.45, 2.75) is 25.3 Å². The maximum absolute atomic E-state index is 12.1. The molecule has 1 aliphatic rings. The molecule has 1 aromatic heterocycles. The lowest BCUT2D eigenvalue weighted by atomic mass is 10.2. The maximum atomic E-state index is 12.1. The lowest BCUT2D eigenvalue weighted by Gasteiger charge is -2.15. The third kappa shape index (κ3) is 3.31. The van der Waals surface area contributed by atoms with Crippen molar-refractivity contribution in [1.82, 2.24) is 14.7 Å². The van der Waals surface area contributed by atoms with E-state index in [0.29, 0.717) is 13.0 Å². The molecule has 2 aromatic rings. The van der Waals surface area contributed by atoms with E-state index >= 15 is 0 Å². The highest BCUT2D eigenvalue weighted by Gasteiger charge is 2.23. The first-order valence-electron chi connectivity index (χ1n) is 7.35. The Morgan fingerprint density at radius 3 is 2.86 bits per heavy atom. The number of hydrogen-bond acceptors (Lipinski definition) is 3. The summed E-state index contributed by atoms with van der Waals surface area (Å²) in [5.41, 5.74) is 7.94. The number of para-hydroxylation sites is 1. The van der Waals surface area contributed by atoms with Crippen LogP contribution in [0.2, 0.25) is 0 Å². The molecule has 0 unspecified atom stereocenters. The topological polar surface area (TPSA) is 64.2 Å². The Bertz CT molecular complexity index is 608. The van der Waals surface area contributed by atoms with Gasteiger partial charge in [-0.25, -0.2) is 4.68 Å². The predicted octanol–water partition coefficient (Wildman–Crippen LogP) is 1.36. The normalized spacial score (nSPS) is 18.1. The molecular weight excluding hydrogens is 264 g/mol. The van der Waals surface area contributed by atoms with E-state index in [1.165, 1.54) is 0 Å². The summed E-state index contributed by atoms with van der Waals surface area (Å²) < 4.78 is 1.84. The van der Waals surface area contributed by atoms with Gasteiger partial charge in [0.1, 0.15) is 0 Å². The van der Waals surface area contributed by atoms with Gasteiger partial charge in [-0.1, -0.05) is 18.2 Å². The van der Waals surface area contributed by atoms with Crippen LogP contribution in [0, 0.1) is 0 Å². The van der Waals surface area contributed by atoms with Crippen LogP contribution in [-0.2, 0) is 11.2 Å². The highest BCUT2D eigenvalue weighted by atomic mass is 16.2. The highest BCUT2D eigenvalue weighted by Crippen LogP contribution is 2.12. The molecule has 1 atom stereocenters. The third-order valence-corrected chi connectivity index (χ3v) is 3.86. The van der Waals surface area contributed by atoms with Gasteiger partial charge in [0.25, 0.3) is 0 Å². The van der Waals surface area contributed by atoms with Gasteiger partial charge in [-0.15, -0.1) is 0 Å². The van der Waals surface area contributed by atoms with Crippen LogP contribution in [0.15, 0.2) is 42.7 Å². The summed E-state index contributed by atoms with van der Waals surface area (Å²) in [5, 5.41) is 4.35. The van der Waals surface area contributed by atoms with E-state index in [9.17, 15) is 4.79 Å². The molecule has 21 heavy (non-hydrogen) atoms. The van der Waals surface area contributed by atoms with Crippen LogP contribution in [0.25, 0.3) is 5.69 Å². The quantitative estimate of drug-likeness (QED) is 0.922. The predicted molar refractivity (Wildman–Crippen MR) is 81.1 cm³/mol. The van der Waals surface area contributed by atoms with Crippen LogP contribution in [0.3, 0.4) is 0 Å². The molecule has 2 heterocycles. The first-order valence-corrected chi connectivity index (χ1v) is 7.35. The molecule has 0 radical (unpaired) electrons. The first kappa shape index (κ1) is 13.8. The first-order chi connectivity index (χ1) is 10.2. The van der Waals surface area contributed by atoms with Crippen molar-refractivity contribution in [2.75, 3.05) is 13.1 Å². The number of benzene rings is 1. The van der Waals surface area contributed by atoms with E-state index in [-0.39, 0.29) is 11.9 Å². The van der Waals surface area contributed by atoms with E-state index in [2.05, 4.69) is 5.10 Å². The minimum atomic E-state index is 0.148. The summed E-state index contributed by atoms with van der Waals surface area (Å²) >= 11 is 0. The van der Waals surface area contributed by atoms with Crippen molar-refractivity contribution in [3.8, 4) is 5.69 Å². The summed E-state index contributed by atoms with van der Waals surface area (Å²) in [4.78, 5) is 14.0. The molecule has 1 fully saturated rings. The minimum absolute atomic E-state index is 0.148. The molecule has 1 aromatic carbocycles. The van der Waals surface area contributed by atoms with Crippen molar-refractivity contribution in [3.63, 3.8) is 0 Å². The van der Waals surface area contributed by atoms with E-state index in [4.69, 9.17) is 5.73 Å². The largest absolute Gasteiger partial charge is 0.341 e. The number of carbonyl (C=O) groups excluding carboxylic acids is 1. The molecule has 1 aliphatic heterocycles. The average Bonchev–Trinajstić information content (AvgIpc) is 3.15. The van der Waals surface area contributed by atoms with Crippen molar-refractivity contribution < 1.29 is 4.79 Å². The van der Waals surface area contributed by atoms with Crippen LogP contribution in [0.5, 0.6) is 0 Å². The molecule has 0 bridgehead atoms. The van der Waals surface area contributed by atoms with E-state index in [1.54, 1.807) is 0 Å². The molecule has 2 N–H and O–H groups in total. The smallest absolute Gasteiger partial charge is 0.222 e. The van der Waals surface area contributed by atoms with Crippen molar-refractivity contribution in [1.29, 1.82) is 0 Å². The Labute approximate surface area is 124 Å². The number of amides is 1. The van der Waals surface area contributed by atoms with Crippen LogP contribution in [0.1, 0.15) is 18.4 Å². The summed E-state index contributed by atoms with van der Waals surface area (Å²) in [5.74, 6) is 0.190. The Balaban J connectivity index is 1.57. The van der Waals surface area contributed by atoms with Gasteiger partial charge in [-0.2, -0.15) is 5.10 Å². The fourth-order valence-corrected chi connectivity index (χ4v) is 2.63. The van der Waals surface area contributed by atoms with Gasteiger partial charge in [-0.05, 0) is 30.5 Å². The SMILES string of the molecule is N[C@@H]1CCN(C(=O)CCc2cnn(-c3ccccc3)c2)C1. The lowest BCUT2D eigenvalue weighted by molar-refractivity contribution is -0.130. The Morgan fingerprint density at radius 1 is 1.33 bits per heavy atom. The zero-order chi connectivity index (χ0) is 14.7. The monoisotopic (exact) mass is 284 g/mol. The number of nitrogens with two attached hydrogens (primary N) is 1. The molecule has 5 heteroatoms. The van der Waals surface area contributed by atoms with E-state index in [0.717, 1.165) is 30.6 Å². The molecule has 0 aliphatic carbocycles. The molecule has 110 valence electrons. The summed E-state index contributed by atoms with van der Waals surface area (Å²) in [6.45, 7) is 1.49. The number of carbonyl (C=O) groups is 1. The maximum Gasteiger partial charge on any atom is 0.222 e. The van der Waals surface area contributed by atoms with Crippen LogP contribution in [0.4, 0.5) is 0 Å². The third-order valence-electron chi connectivity index (χ3n) is 3.86. The summed E-state index contributed by atoms with van der Waals surface area (Å²) in [7, 11) is 0. The number of hydrogen-bond donors (Lipinski definition) is 1. The summed E-state index contributed by atoms with van der Waals surface area (Å²) in [6, 6.07) is 10.1. The van der Waals surface area contributed by atoms with Crippen LogP contribution >= 0.6 is 0 Å². The molecule has 1 amide bonds. The highest BCUT2D eigenvalue weighted by molar-refractivity contribution is 5.76. The van der Waals surface area contributed by atoms with Gasteiger partial charge in [0.2, 0.25) is 5.91 Å². The van der Waals surface area contributed by atoms with Crippen molar-refractivity contribution in [2.24, 2.45) is 5.73 Å². The Kier molecular flexibility index (Phi) is 4.01. The van der Waals surface area contributed by atoms with Gasteiger partial charge in [0.05, 0.1) is 11.9 Å². The number of aryl methyl sites for hydroxylation is 1. The number of aromatic nitrogens is 2. The standard InChI is InChI=1S/C16H20N4O/c17-14-8-9-19(12-14)16(21)7-6-13-10-18-20(11-13)15-4-2-1-3-5-15/h1-5,10-11,14H,6-9,12,17H2/t14-/m1/s1. The van der Waals surface area contributed by atoms with E-state index in [1.807, 2.05) is 52.3 Å². The molecule has 0 saturated carbocycles. The number of nitrogens with zero attached hydrogens (tertiary/aromatic N) is 3. The fraction of sp³-hybridized carbons (Fsp3) is 0.375. The molecule has 5 nitrogen and oxygen atoms in total. The fourth-order valence-electron chi connectivity index (χ4n) is 2.63. The van der Waals surface area contributed by atoms with Gasteiger partial charge in [0.15, 0.2) is 0 Å². The second kappa shape index (κ2) is 6.10. The average molecular weight is 284 g/mol. The minimum Gasteiger partial charge on any atom is -0.341 e. The Hall–Kier alpha value is -2.14. The van der Waals surface area contributed by atoms with Crippen LogP contribution in [-0.4, -0.2) is 39.7 Å². The molecule has 1 saturated heterocycles. The second-order valence-electron chi connectivity index (χ2n) is 5.52.